The van der Waals surface area contributed by atoms with Crippen LogP contribution in [0.5, 0.6) is 0 Å². The van der Waals surface area contributed by atoms with Gasteiger partial charge in [0.1, 0.15) is 5.82 Å². The van der Waals surface area contributed by atoms with Gasteiger partial charge in [-0.1, -0.05) is 12.1 Å². The number of benzene rings is 1. The Morgan fingerprint density at radius 1 is 1.30 bits per heavy atom. The van der Waals surface area contributed by atoms with Crippen molar-refractivity contribution in [2.45, 2.75) is 19.9 Å². The van der Waals surface area contributed by atoms with E-state index in [9.17, 15) is 4.39 Å². The van der Waals surface area contributed by atoms with Gasteiger partial charge in [0.05, 0.1) is 21.9 Å². The van der Waals surface area contributed by atoms with Crippen molar-refractivity contribution in [1.82, 2.24) is 4.98 Å². The molecule has 1 atom stereocenters. The number of aryl methyl sites for hydroxylation is 1. The Balaban J connectivity index is 1.90. The summed E-state index contributed by atoms with van der Waals surface area (Å²) in [5.41, 5.74) is 3.53. The summed E-state index contributed by atoms with van der Waals surface area (Å²) in [6.07, 6.45) is 1.85. The molecule has 0 aliphatic heterocycles. The van der Waals surface area contributed by atoms with Gasteiger partial charge >= 0.3 is 0 Å². The molecule has 2 nitrogen and oxygen atoms in total. The highest BCUT2D eigenvalue weighted by molar-refractivity contribution is 7.17. The normalized spacial score (nSPS) is 12.6. The number of hydrogen-bond acceptors (Lipinski definition) is 3. The molecule has 1 N–H and O–H groups in total. The number of rotatable bonds is 3. The molecule has 3 rings (SSSR count). The first-order chi connectivity index (χ1) is 9.65. The Bertz CT molecular complexity index is 731. The number of aromatic nitrogens is 1. The lowest BCUT2D eigenvalue weighted by Crippen LogP contribution is -2.09. The van der Waals surface area contributed by atoms with E-state index in [0.717, 1.165) is 21.3 Å². The van der Waals surface area contributed by atoms with Crippen LogP contribution in [0.15, 0.2) is 41.9 Å². The molecule has 102 valence electrons. The average molecular weight is 286 g/mol. The fraction of sp³-hybridized carbons (Fsp3) is 0.188. The number of nitrogens with zero attached hydrogens (tertiary/aromatic N) is 1. The minimum atomic E-state index is -0.220. The quantitative estimate of drug-likeness (QED) is 0.739. The molecular weight excluding hydrogens is 271 g/mol. The van der Waals surface area contributed by atoms with Gasteiger partial charge in [0, 0.05) is 6.20 Å². The van der Waals surface area contributed by atoms with Crippen LogP contribution in [0.1, 0.15) is 24.1 Å². The highest BCUT2D eigenvalue weighted by Crippen LogP contribution is 2.27. The molecule has 0 saturated heterocycles. The van der Waals surface area contributed by atoms with Gasteiger partial charge in [-0.2, -0.15) is 0 Å². The van der Waals surface area contributed by atoms with Crippen LogP contribution in [0, 0.1) is 12.7 Å². The SMILES string of the molecule is Cc1cccc(F)c1NC(C)c1cnc2ccsc2c1. The molecule has 4 heteroatoms. The van der Waals surface area contributed by atoms with E-state index in [1.807, 2.05) is 37.6 Å². The van der Waals surface area contributed by atoms with Crippen molar-refractivity contribution in [3.05, 3.63) is 58.9 Å². The van der Waals surface area contributed by atoms with Crippen molar-refractivity contribution in [3.8, 4) is 0 Å². The summed E-state index contributed by atoms with van der Waals surface area (Å²) in [6.45, 7) is 3.92. The summed E-state index contributed by atoms with van der Waals surface area (Å²) in [7, 11) is 0. The highest BCUT2D eigenvalue weighted by atomic mass is 32.1. The fourth-order valence-corrected chi connectivity index (χ4v) is 3.00. The predicted octanol–water partition coefficient (Wildman–Crippen LogP) is 4.92. The lowest BCUT2D eigenvalue weighted by atomic mass is 10.1. The van der Waals surface area contributed by atoms with E-state index < -0.39 is 0 Å². The third kappa shape index (κ3) is 2.39. The maximum absolute atomic E-state index is 13.9. The molecule has 0 radical (unpaired) electrons. The molecule has 1 aromatic carbocycles. The van der Waals surface area contributed by atoms with Crippen LogP contribution in [0.3, 0.4) is 0 Å². The van der Waals surface area contributed by atoms with Crippen LogP contribution in [0.2, 0.25) is 0 Å². The molecule has 1 unspecified atom stereocenters. The molecule has 0 bridgehead atoms. The van der Waals surface area contributed by atoms with Gasteiger partial charge in [-0.25, -0.2) is 4.39 Å². The van der Waals surface area contributed by atoms with E-state index in [0.29, 0.717) is 5.69 Å². The molecule has 0 saturated carbocycles. The van der Waals surface area contributed by atoms with Crippen LogP contribution < -0.4 is 5.32 Å². The second-order valence-corrected chi connectivity index (χ2v) is 5.82. The lowest BCUT2D eigenvalue weighted by Gasteiger charge is -2.17. The molecule has 0 amide bonds. The van der Waals surface area contributed by atoms with Crippen LogP contribution in [-0.4, -0.2) is 4.98 Å². The third-order valence-electron chi connectivity index (χ3n) is 3.41. The van der Waals surface area contributed by atoms with Crippen LogP contribution >= 0.6 is 11.3 Å². The summed E-state index contributed by atoms with van der Waals surface area (Å²) >= 11 is 1.67. The monoisotopic (exact) mass is 286 g/mol. The second kappa shape index (κ2) is 5.21. The maximum atomic E-state index is 13.9. The second-order valence-electron chi connectivity index (χ2n) is 4.87. The molecule has 0 fully saturated rings. The first-order valence-electron chi connectivity index (χ1n) is 6.50. The molecule has 0 aliphatic carbocycles. The number of hydrogen-bond donors (Lipinski definition) is 1. The number of halogens is 1. The number of fused-ring (bicyclic) bond motifs is 1. The minimum absolute atomic E-state index is 0.00426. The Labute approximate surface area is 121 Å². The van der Waals surface area contributed by atoms with Crippen molar-refractivity contribution in [2.24, 2.45) is 0 Å². The van der Waals surface area contributed by atoms with Crippen molar-refractivity contribution < 1.29 is 4.39 Å². The van der Waals surface area contributed by atoms with Crippen molar-refractivity contribution in [2.75, 3.05) is 5.32 Å². The predicted molar refractivity (Wildman–Crippen MR) is 82.8 cm³/mol. The molecule has 3 aromatic rings. The maximum Gasteiger partial charge on any atom is 0.146 e. The van der Waals surface area contributed by atoms with Gasteiger partial charge in [0.25, 0.3) is 0 Å². The molecule has 2 aromatic heterocycles. The van der Waals surface area contributed by atoms with Crippen molar-refractivity contribution >= 4 is 27.2 Å². The van der Waals surface area contributed by atoms with E-state index in [2.05, 4.69) is 16.4 Å². The standard InChI is InChI=1S/C16H15FN2S/c1-10-4-3-5-13(17)16(10)19-11(2)12-8-15-14(18-9-12)6-7-20-15/h3-9,11,19H,1-2H3. The zero-order chi connectivity index (χ0) is 14.1. The van der Waals surface area contributed by atoms with Crippen molar-refractivity contribution in [3.63, 3.8) is 0 Å². The van der Waals surface area contributed by atoms with Gasteiger partial charge in [0.2, 0.25) is 0 Å². The molecule has 20 heavy (non-hydrogen) atoms. The molecule has 0 aliphatic rings. The Hall–Kier alpha value is -1.94. The number of pyridine rings is 1. The highest BCUT2D eigenvalue weighted by Gasteiger charge is 2.11. The van der Waals surface area contributed by atoms with E-state index in [4.69, 9.17) is 0 Å². The number of anilines is 1. The number of nitrogens with one attached hydrogen (secondary N) is 1. The Morgan fingerprint density at radius 3 is 2.95 bits per heavy atom. The van der Waals surface area contributed by atoms with Gasteiger partial charge in [0.15, 0.2) is 0 Å². The first kappa shape index (κ1) is 13.1. The minimum Gasteiger partial charge on any atom is -0.376 e. The summed E-state index contributed by atoms with van der Waals surface area (Å²) in [4.78, 5) is 4.43. The number of thiophene rings is 1. The van der Waals surface area contributed by atoms with Gasteiger partial charge < -0.3 is 5.32 Å². The smallest absolute Gasteiger partial charge is 0.146 e. The molecule has 0 spiro atoms. The van der Waals surface area contributed by atoms with Gasteiger partial charge in [-0.15, -0.1) is 11.3 Å². The average Bonchev–Trinajstić information content (AvgIpc) is 2.90. The Morgan fingerprint density at radius 2 is 2.15 bits per heavy atom. The number of para-hydroxylation sites is 1. The largest absolute Gasteiger partial charge is 0.376 e. The third-order valence-corrected chi connectivity index (χ3v) is 4.26. The van der Waals surface area contributed by atoms with E-state index in [1.165, 1.54) is 6.07 Å². The first-order valence-corrected chi connectivity index (χ1v) is 7.38. The van der Waals surface area contributed by atoms with E-state index in [-0.39, 0.29) is 11.9 Å². The lowest BCUT2D eigenvalue weighted by molar-refractivity contribution is 0.626. The summed E-state index contributed by atoms with van der Waals surface area (Å²) in [6, 6.07) is 9.22. The summed E-state index contributed by atoms with van der Waals surface area (Å²) < 4.78 is 15.0. The van der Waals surface area contributed by atoms with E-state index in [1.54, 1.807) is 17.4 Å². The summed E-state index contributed by atoms with van der Waals surface area (Å²) in [5, 5.41) is 5.27. The van der Waals surface area contributed by atoms with E-state index >= 15 is 0 Å². The fourth-order valence-electron chi connectivity index (χ4n) is 2.21. The summed E-state index contributed by atoms with van der Waals surface area (Å²) in [5.74, 6) is -0.220. The van der Waals surface area contributed by atoms with Crippen molar-refractivity contribution in [1.29, 1.82) is 0 Å². The van der Waals surface area contributed by atoms with Gasteiger partial charge in [-0.05, 0) is 48.6 Å². The van der Waals surface area contributed by atoms with Crippen LogP contribution in [-0.2, 0) is 0 Å². The van der Waals surface area contributed by atoms with Crippen LogP contribution in [0.4, 0.5) is 10.1 Å². The zero-order valence-electron chi connectivity index (χ0n) is 11.4. The Kier molecular flexibility index (Phi) is 3.40. The molecule has 2 heterocycles. The zero-order valence-corrected chi connectivity index (χ0v) is 12.2. The van der Waals surface area contributed by atoms with Gasteiger partial charge in [-0.3, -0.25) is 4.98 Å². The topological polar surface area (TPSA) is 24.9 Å². The van der Waals surface area contributed by atoms with Crippen LogP contribution in [0.25, 0.3) is 10.2 Å². The molecular formula is C16H15FN2S.